The lowest BCUT2D eigenvalue weighted by Gasteiger charge is -2.06. The van der Waals surface area contributed by atoms with Crippen molar-refractivity contribution in [2.45, 2.75) is 0 Å². The van der Waals surface area contributed by atoms with Gasteiger partial charge >= 0.3 is 12.0 Å². The first-order valence-electron chi connectivity index (χ1n) is 5.04. The Balaban J connectivity index is 2.38. The van der Waals surface area contributed by atoms with Crippen LogP contribution in [0.5, 0.6) is 11.8 Å². The molecule has 19 heavy (non-hydrogen) atoms. The fourth-order valence-corrected chi connectivity index (χ4v) is 1.31. The molecule has 94 valence electrons. The van der Waals surface area contributed by atoms with Gasteiger partial charge in [0.1, 0.15) is 28.9 Å². The van der Waals surface area contributed by atoms with E-state index < -0.39 is 11.8 Å². The maximum Gasteiger partial charge on any atom is 0.339 e. The molecule has 0 fully saturated rings. The molecule has 2 rings (SSSR count). The second-order valence-corrected chi connectivity index (χ2v) is 3.38. The van der Waals surface area contributed by atoms with Crippen LogP contribution in [-0.4, -0.2) is 21.0 Å². The molecule has 1 aromatic carbocycles. The molecule has 0 radical (unpaired) electrons. The minimum absolute atomic E-state index is 0.0731. The van der Waals surface area contributed by atoms with Crippen LogP contribution in [0.1, 0.15) is 16.1 Å². The third kappa shape index (κ3) is 2.81. The van der Waals surface area contributed by atoms with Gasteiger partial charge in [-0.25, -0.2) is 14.2 Å². The van der Waals surface area contributed by atoms with E-state index in [2.05, 4.69) is 9.97 Å². The van der Waals surface area contributed by atoms with E-state index in [9.17, 15) is 9.18 Å². The SMILES string of the molecule is N#Cc1ccnc(Oc2ccc(F)cc2C(=O)O)n1. The van der Waals surface area contributed by atoms with Crippen LogP contribution in [0.4, 0.5) is 4.39 Å². The summed E-state index contributed by atoms with van der Waals surface area (Å²) in [6, 6.07) is 6.01. The van der Waals surface area contributed by atoms with Crippen molar-refractivity contribution >= 4 is 5.97 Å². The minimum atomic E-state index is -1.34. The number of aromatic nitrogens is 2. The van der Waals surface area contributed by atoms with Crippen LogP contribution in [0.2, 0.25) is 0 Å². The summed E-state index contributed by atoms with van der Waals surface area (Å²) in [5.41, 5.74) is -0.282. The molecule has 6 nitrogen and oxygen atoms in total. The molecule has 0 aliphatic heterocycles. The third-order valence-electron chi connectivity index (χ3n) is 2.12. The largest absolute Gasteiger partial charge is 0.478 e. The summed E-state index contributed by atoms with van der Waals surface area (Å²) in [4.78, 5) is 18.4. The van der Waals surface area contributed by atoms with Gasteiger partial charge in [-0.15, -0.1) is 0 Å². The highest BCUT2D eigenvalue weighted by Gasteiger charge is 2.14. The summed E-state index contributed by atoms with van der Waals surface area (Å²) in [5, 5.41) is 17.6. The zero-order valence-corrected chi connectivity index (χ0v) is 9.37. The zero-order chi connectivity index (χ0) is 13.8. The molecular weight excluding hydrogens is 253 g/mol. The summed E-state index contributed by atoms with van der Waals surface area (Å²) in [5.74, 6) is -2.15. The third-order valence-corrected chi connectivity index (χ3v) is 2.12. The van der Waals surface area contributed by atoms with E-state index in [1.54, 1.807) is 6.07 Å². The van der Waals surface area contributed by atoms with E-state index in [0.29, 0.717) is 0 Å². The molecule has 0 spiro atoms. The second-order valence-electron chi connectivity index (χ2n) is 3.38. The molecule has 7 heteroatoms. The predicted octanol–water partition coefficient (Wildman–Crippen LogP) is 1.98. The quantitative estimate of drug-likeness (QED) is 0.905. The van der Waals surface area contributed by atoms with Gasteiger partial charge in [-0.1, -0.05) is 0 Å². The van der Waals surface area contributed by atoms with Gasteiger partial charge in [-0.2, -0.15) is 10.2 Å². The summed E-state index contributed by atoms with van der Waals surface area (Å²) in [7, 11) is 0. The first kappa shape index (κ1) is 12.4. The number of carboxylic acid groups (broad SMARTS) is 1. The molecule has 2 aromatic rings. The van der Waals surface area contributed by atoms with Crippen molar-refractivity contribution in [3.8, 4) is 17.8 Å². The van der Waals surface area contributed by atoms with Crippen molar-refractivity contribution in [3.63, 3.8) is 0 Å². The van der Waals surface area contributed by atoms with E-state index in [0.717, 1.165) is 18.2 Å². The lowest BCUT2D eigenvalue weighted by Crippen LogP contribution is -2.02. The number of carbonyl (C=O) groups is 1. The first-order valence-corrected chi connectivity index (χ1v) is 5.04. The van der Waals surface area contributed by atoms with Gasteiger partial charge in [-0.05, 0) is 24.3 Å². The van der Waals surface area contributed by atoms with Gasteiger partial charge in [0.2, 0.25) is 0 Å². The highest BCUT2D eigenvalue weighted by Crippen LogP contribution is 2.23. The zero-order valence-electron chi connectivity index (χ0n) is 9.37. The monoisotopic (exact) mass is 259 g/mol. The average Bonchev–Trinajstić information content (AvgIpc) is 2.41. The number of nitrogens with zero attached hydrogens (tertiary/aromatic N) is 3. The summed E-state index contributed by atoms with van der Waals surface area (Å²) in [6.45, 7) is 0. The maximum atomic E-state index is 13.0. The van der Waals surface area contributed by atoms with Crippen molar-refractivity contribution in [2.24, 2.45) is 0 Å². The van der Waals surface area contributed by atoms with Crippen LogP contribution in [0, 0.1) is 17.1 Å². The Morgan fingerprint density at radius 3 is 2.89 bits per heavy atom. The van der Waals surface area contributed by atoms with Gasteiger partial charge in [0, 0.05) is 6.20 Å². The lowest BCUT2D eigenvalue weighted by molar-refractivity contribution is 0.0693. The fourth-order valence-electron chi connectivity index (χ4n) is 1.31. The Morgan fingerprint density at radius 1 is 1.42 bits per heavy atom. The van der Waals surface area contributed by atoms with Crippen LogP contribution in [0.15, 0.2) is 30.5 Å². The Bertz CT molecular complexity index is 682. The highest BCUT2D eigenvalue weighted by molar-refractivity contribution is 5.90. The summed E-state index contributed by atoms with van der Waals surface area (Å²) >= 11 is 0. The van der Waals surface area contributed by atoms with Gasteiger partial charge in [-0.3, -0.25) is 0 Å². The maximum absolute atomic E-state index is 13.0. The number of rotatable bonds is 3. The highest BCUT2D eigenvalue weighted by atomic mass is 19.1. The molecule has 0 aliphatic carbocycles. The molecular formula is C12H6FN3O3. The van der Waals surface area contributed by atoms with E-state index in [1.807, 2.05) is 0 Å². The topological polar surface area (TPSA) is 96.1 Å². The molecule has 0 saturated carbocycles. The average molecular weight is 259 g/mol. The van der Waals surface area contributed by atoms with Crippen LogP contribution in [-0.2, 0) is 0 Å². The van der Waals surface area contributed by atoms with Crippen LogP contribution in [0.25, 0.3) is 0 Å². The van der Waals surface area contributed by atoms with E-state index in [1.165, 1.54) is 12.3 Å². The Kier molecular flexibility index (Phi) is 3.34. The minimum Gasteiger partial charge on any atom is -0.478 e. The van der Waals surface area contributed by atoms with Crippen molar-refractivity contribution in [2.75, 3.05) is 0 Å². The van der Waals surface area contributed by atoms with Gasteiger partial charge < -0.3 is 9.84 Å². The molecule has 1 aromatic heterocycles. The number of aromatic carboxylic acids is 1. The Labute approximate surface area is 106 Å². The first-order chi connectivity index (χ1) is 9.10. The van der Waals surface area contributed by atoms with E-state index in [4.69, 9.17) is 15.1 Å². The molecule has 0 unspecified atom stereocenters. The standard InChI is InChI=1S/C12H6FN3O3/c13-7-1-2-10(9(5-7)11(17)18)19-12-15-4-3-8(6-14)16-12/h1-5H,(H,17,18). The number of halogens is 1. The van der Waals surface area contributed by atoms with Crippen LogP contribution in [0.3, 0.4) is 0 Å². The Hall–Kier alpha value is -3.01. The summed E-state index contributed by atoms with van der Waals surface area (Å²) < 4.78 is 18.1. The normalized spacial score (nSPS) is 9.68. The molecule has 0 aliphatic rings. The molecule has 1 heterocycles. The molecule has 1 N–H and O–H groups in total. The van der Waals surface area contributed by atoms with Gasteiger partial charge in [0.05, 0.1) is 0 Å². The van der Waals surface area contributed by atoms with Gasteiger partial charge in [0.25, 0.3) is 0 Å². The smallest absolute Gasteiger partial charge is 0.339 e. The molecule has 0 saturated heterocycles. The lowest BCUT2D eigenvalue weighted by atomic mass is 10.2. The summed E-state index contributed by atoms with van der Waals surface area (Å²) in [6.07, 6.45) is 1.30. The number of benzene rings is 1. The van der Waals surface area contributed by atoms with Crippen molar-refractivity contribution in [1.82, 2.24) is 9.97 Å². The molecule has 0 bridgehead atoms. The predicted molar refractivity (Wildman–Crippen MR) is 60.2 cm³/mol. The number of carboxylic acids is 1. The number of hydrogen-bond acceptors (Lipinski definition) is 5. The molecule has 0 amide bonds. The van der Waals surface area contributed by atoms with Crippen LogP contribution < -0.4 is 4.74 Å². The number of hydrogen-bond donors (Lipinski definition) is 1. The van der Waals surface area contributed by atoms with E-state index in [-0.39, 0.29) is 23.0 Å². The second kappa shape index (κ2) is 5.10. The van der Waals surface area contributed by atoms with Gasteiger partial charge in [0.15, 0.2) is 0 Å². The fraction of sp³-hybridized carbons (Fsp3) is 0. The Morgan fingerprint density at radius 2 is 2.21 bits per heavy atom. The van der Waals surface area contributed by atoms with Crippen molar-refractivity contribution in [3.05, 3.63) is 47.5 Å². The van der Waals surface area contributed by atoms with Crippen molar-refractivity contribution < 1.29 is 19.0 Å². The van der Waals surface area contributed by atoms with E-state index >= 15 is 0 Å². The van der Waals surface area contributed by atoms with Crippen molar-refractivity contribution in [1.29, 1.82) is 5.26 Å². The molecule has 0 atom stereocenters. The number of nitriles is 1. The van der Waals surface area contributed by atoms with Crippen LogP contribution >= 0.6 is 0 Å². The number of ether oxygens (including phenoxy) is 1.